The minimum atomic E-state index is -0.254. The smallest absolute Gasteiger partial charge is 0.409 e. The highest BCUT2D eigenvalue weighted by Gasteiger charge is 2.29. The first-order chi connectivity index (χ1) is 15.7. The summed E-state index contributed by atoms with van der Waals surface area (Å²) in [6, 6.07) is 15.2. The van der Waals surface area contributed by atoms with Gasteiger partial charge in [-0.3, -0.25) is 0 Å². The summed E-state index contributed by atoms with van der Waals surface area (Å²) in [5.74, 6) is 1.75. The van der Waals surface area contributed by atoms with E-state index in [2.05, 4.69) is 69.6 Å². The van der Waals surface area contributed by atoms with E-state index in [1.807, 2.05) is 0 Å². The molecule has 2 aliphatic rings. The SMILES string of the molecule is COC(=O)N1CCc2ccc3c(nc(C4CCCCC4)n3[C@@H](I)Cc3ccccc3)c2C1. The van der Waals surface area contributed by atoms with Crippen molar-refractivity contribution in [2.75, 3.05) is 13.7 Å². The van der Waals surface area contributed by atoms with Crippen molar-refractivity contribution in [1.82, 2.24) is 14.5 Å². The van der Waals surface area contributed by atoms with Gasteiger partial charge in [-0.05, 0) is 36.5 Å². The minimum absolute atomic E-state index is 0.254. The Hall–Kier alpha value is -2.09. The normalized spacial score (nSPS) is 17.9. The standard InChI is InChI=1S/C26H30IN3O2/c1-32-26(31)29-15-14-19-12-13-22-24(21(19)17-29)28-25(20-10-6-3-7-11-20)30(22)23(27)16-18-8-4-2-5-9-18/h2,4-5,8-9,12-13,20,23H,3,6-7,10-11,14-17H2,1H3/t23-/m1/s1. The Kier molecular flexibility index (Phi) is 6.40. The summed E-state index contributed by atoms with van der Waals surface area (Å²) in [4.78, 5) is 19.3. The maximum absolute atomic E-state index is 12.2. The van der Waals surface area contributed by atoms with Crippen LogP contribution in [0.4, 0.5) is 4.79 Å². The molecule has 0 N–H and O–H groups in total. The van der Waals surface area contributed by atoms with Gasteiger partial charge in [-0.2, -0.15) is 0 Å². The van der Waals surface area contributed by atoms with E-state index in [0.717, 1.165) is 18.4 Å². The Bertz CT molecular complexity index is 1110. The van der Waals surface area contributed by atoms with Gasteiger partial charge in [0.25, 0.3) is 0 Å². The average Bonchev–Trinajstić information content (AvgIpc) is 3.25. The van der Waals surface area contributed by atoms with Crippen LogP contribution in [0.25, 0.3) is 11.0 Å². The predicted molar refractivity (Wildman–Crippen MR) is 135 cm³/mol. The van der Waals surface area contributed by atoms with E-state index in [1.54, 1.807) is 4.90 Å². The van der Waals surface area contributed by atoms with Gasteiger partial charge in [0, 0.05) is 24.4 Å². The number of halogens is 1. The van der Waals surface area contributed by atoms with Crippen LogP contribution in [-0.2, 0) is 24.1 Å². The van der Waals surface area contributed by atoms with Gasteiger partial charge in [-0.15, -0.1) is 0 Å². The number of methoxy groups -OCH3 is 1. The first-order valence-corrected chi connectivity index (χ1v) is 12.9. The Morgan fingerprint density at radius 1 is 1.16 bits per heavy atom. The van der Waals surface area contributed by atoms with Crippen LogP contribution in [0.2, 0.25) is 0 Å². The zero-order valence-corrected chi connectivity index (χ0v) is 20.8. The summed E-state index contributed by atoms with van der Waals surface area (Å²) >= 11 is 2.59. The molecule has 6 heteroatoms. The number of carbonyl (C=O) groups is 1. The van der Waals surface area contributed by atoms with Crippen molar-refractivity contribution in [3.05, 3.63) is 65.0 Å². The topological polar surface area (TPSA) is 47.4 Å². The van der Waals surface area contributed by atoms with Crippen LogP contribution >= 0.6 is 22.6 Å². The van der Waals surface area contributed by atoms with Crippen LogP contribution in [0, 0.1) is 0 Å². The van der Waals surface area contributed by atoms with Gasteiger partial charge >= 0.3 is 6.09 Å². The molecule has 1 aromatic heterocycles. The fourth-order valence-electron chi connectivity index (χ4n) is 5.34. The third-order valence-corrected chi connectivity index (χ3v) is 8.02. The fourth-order valence-corrected chi connectivity index (χ4v) is 6.43. The molecule has 0 bridgehead atoms. The van der Waals surface area contributed by atoms with Crippen LogP contribution < -0.4 is 0 Å². The second-order valence-electron chi connectivity index (χ2n) is 9.01. The Morgan fingerprint density at radius 2 is 1.94 bits per heavy atom. The lowest BCUT2D eigenvalue weighted by molar-refractivity contribution is 0.119. The second-order valence-corrected chi connectivity index (χ2v) is 10.4. The van der Waals surface area contributed by atoms with Crippen LogP contribution in [0.3, 0.4) is 0 Å². The maximum Gasteiger partial charge on any atom is 0.409 e. The van der Waals surface area contributed by atoms with Crippen molar-refractivity contribution < 1.29 is 9.53 Å². The molecule has 32 heavy (non-hydrogen) atoms. The van der Waals surface area contributed by atoms with Crippen molar-refractivity contribution in [2.24, 2.45) is 0 Å². The number of amides is 1. The molecule has 3 aromatic rings. The van der Waals surface area contributed by atoms with Gasteiger partial charge < -0.3 is 14.2 Å². The molecule has 1 atom stereocenters. The Morgan fingerprint density at radius 3 is 2.69 bits per heavy atom. The summed E-state index contributed by atoms with van der Waals surface area (Å²) in [5.41, 5.74) is 6.12. The van der Waals surface area contributed by atoms with Crippen LogP contribution in [0.5, 0.6) is 0 Å². The van der Waals surface area contributed by atoms with E-state index in [0.29, 0.717) is 19.0 Å². The number of hydrogen-bond donors (Lipinski definition) is 0. The number of hydrogen-bond acceptors (Lipinski definition) is 3. The van der Waals surface area contributed by atoms with Gasteiger partial charge in [-0.1, -0.05) is 78.3 Å². The minimum Gasteiger partial charge on any atom is -0.453 e. The van der Waals surface area contributed by atoms with E-state index in [1.165, 1.54) is 67.2 Å². The summed E-state index contributed by atoms with van der Waals surface area (Å²) in [7, 11) is 1.46. The number of rotatable bonds is 4. The quantitative estimate of drug-likeness (QED) is 0.283. The molecule has 0 unspecified atom stereocenters. The summed E-state index contributed by atoms with van der Waals surface area (Å²) in [5, 5.41) is 0. The van der Waals surface area contributed by atoms with Crippen molar-refractivity contribution in [3.8, 4) is 0 Å². The van der Waals surface area contributed by atoms with Gasteiger partial charge in [0.05, 0.1) is 28.7 Å². The molecule has 1 fully saturated rings. The molecular formula is C26H30IN3O2. The average molecular weight is 543 g/mol. The molecule has 2 heterocycles. The third-order valence-electron chi connectivity index (χ3n) is 7.02. The monoisotopic (exact) mass is 543 g/mol. The number of fused-ring (bicyclic) bond motifs is 3. The molecular weight excluding hydrogens is 513 g/mol. The molecule has 5 nitrogen and oxygen atoms in total. The lowest BCUT2D eigenvalue weighted by Gasteiger charge is -2.28. The molecule has 0 spiro atoms. The van der Waals surface area contributed by atoms with Crippen molar-refractivity contribution in [2.45, 2.75) is 61.5 Å². The van der Waals surface area contributed by atoms with Crippen LogP contribution in [-0.4, -0.2) is 34.2 Å². The number of imidazole rings is 1. The number of alkyl halides is 1. The van der Waals surface area contributed by atoms with Crippen molar-refractivity contribution in [1.29, 1.82) is 0 Å². The fraction of sp³-hybridized carbons (Fsp3) is 0.462. The van der Waals surface area contributed by atoms with E-state index in [-0.39, 0.29) is 10.1 Å². The highest BCUT2D eigenvalue weighted by atomic mass is 127. The zero-order chi connectivity index (χ0) is 22.1. The predicted octanol–water partition coefficient (Wildman–Crippen LogP) is 6.38. The highest BCUT2D eigenvalue weighted by molar-refractivity contribution is 14.1. The van der Waals surface area contributed by atoms with E-state index in [4.69, 9.17) is 9.72 Å². The number of carbonyl (C=O) groups excluding carboxylic acids is 1. The first-order valence-electron chi connectivity index (χ1n) is 11.7. The van der Waals surface area contributed by atoms with Crippen LogP contribution in [0.1, 0.15) is 64.6 Å². The molecule has 0 radical (unpaired) electrons. The van der Waals surface area contributed by atoms with Gasteiger partial charge in [0.2, 0.25) is 0 Å². The summed E-state index contributed by atoms with van der Waals surface area (Å²) in [6.45, 7) is 1.27. The molecule has 2 aromatic carbocycles. The number of benzene rings is 2. The molecule has 0 saturated heterocycles. The largest absolute Gasteiger partial charge is 0.453 e. The zero-order valence-electron chi connectivity index (χ0n) is 18.6. The molecule has 168 valence electrons. The van der Waals surface area contributed by atoms with Gasteiger partial charge in [-0.25, -0.2) is 9.78 Å². The number of aromatic nitrogens is 2. The number of ether oxygens (including phenoxy) is 1. The number of nitrogens with zero attached hydrogens (tertiary/aromatic N) is 3. The lowest BCUT2D eigenvalue weighted by atomic mass is 9.88. The molecule has 1 aliphatic carbocycles. The van der Waals surface area contributed by atoms with Gasteiger partial charge in [0.15, 0.2) is 0 Å². The molecule has 5 rings (SSSR count). The van der Waals surface area contributed by atoms with Crippen LogP contribution in [0.15, 0.2) is 42.5 Å². The second kappa shape index (κ2) is 9.41. The lowest BCUT2D eigenvalue weighted by Crippen LogP contribution is -2.35. The van der Waals surface area contributed by atoms with E-state index >= 15 is 0 Å². The summed E-state index contributed by atoms with van der Waals surface area (Å²) in [6.07, 6.45) is 7.90. The van der Waals surface area contributed by atoms with E-state index in [9.17, 15) is 4.79 Å². The third kappa shape index (κ3) is 4.14. The molecule has 1 saturated carbocycles. The van der Waals surface area contributed by atoms with Crippen molar-refractivity contribution in [3.63, 3.8) is 0 Å². The highest BCUT2D eigenvalue weighted by Crippen LogP contribution is 2.39. The first kappa shape index (κ1) is 21.7. The maximum atomic E-state index is 12.2. The molecule has 1 amide bonds. The van der Waals surface area contributed by atoms with Gasteiger partial charge in [0.1, 0.15) is 5.82 Å². The van der Waals surface area contributed by atoms with E-state index < -0.39 is 0 Å². The van der Waals surface area contributed by atoms with Crippen molar-refractivity contribution >= 4 is 39.7 Å². The summed E-state index contributed by atoms with van der Waals surface area (Å²) < 4.78 is 7.79. The Balaban J connectivity index is 1.60. The molecule has 1 aliphatic heterocycles. The Labute approximate surface area is 203 Å².